The minimum atomic E-state index is -0.767. The quantitative estimate of drug-likeness (QED) is 0.491. The van der Waals surface area contributed by atoms with Gasteiger partial charge in [0.25, 0.3) is 11.6 Å². The molecule has 0 heterocycles. The first-order chi connectivity index (χ1) is 8.99. The highest BCUT2D eigenvalue weighted by Gasteiger charge is 2.20. The molecule has 1 amide bonds. The number of carbonyl (C=O) groups excluding carboxylic acids is 2. The Kier molecular flexibility index (Phi) is 4.99. The Morgan fingerprint density at radius 2 is 2.16 bits per heavy atom. The van der Waals surface area contributed by atoms with Gasteiger partial charge in [-0.2, -0.15) is 0 Å². The lowest BCUT2D eigenvalue weighted by molar-refractivity contribution is -0.384. The Balaban J connectivity index is 2.85. The van der Waals surface area contributed by atoms with Crippen LogP contribution < -0.4 is 5.32 Å². The molecule has 1 atom stereocenters. The molecule has 1 rings (SSSR count). The van der Waals surface area contributed by atoms with E-state index in [0.717, 1.165) is 6.07 Å². The number of nitrogens with zero attached hydrogens (tertiary/aromatic N) is 1. The third-order valence-corrected chi connectivity index (χ3v) is 2.52. The van der Waals surface area contributed by atoms with Crippen LogP contribution in [-0.2, 0) is 9.53 Å². The van der Waals surface area contributed by atoms with E-state index in [1.165, 1.54) is 25.3 Å². The van der Waals surface area contributed by atoms with Crippen LogP contribution in [0.5, 0.6) is 0 Å². The van der Waals surface area contributed by atoms with E-state index in [0.29, 0.717) is 6.42 Å². The van der Waals surface area contributed by atoms with Crippen molar-refractivity contribution in [3.05, 3.63) is 39.9 Å². The summed E-state index contributed by atoms with van der Waals surface area (Å²) in [6.07, 6.45) is 0.368. The summed E-state index contributed by atoms with van der Waals surface area (Å²) in [6.45, 7) is 1.72. The van der Waals surface area contributed by atoms with Gasteiger partial charge in [0.2, 0.25) is 0 Å². The molecule has 7 heteroatoms. The summed E-state index contributed by atoms with van der Waals surface area (Å²) >= 11 is 0. The molecule has 0 aliphatic heterocycles. The number of nitrogens with one attached hydrogen (secondary N) is 1. The summed E-state index contributed by atoms with van der Waals surface area (Å²) < 4.78 is 4.54. The van der Waals surface area contributed by atoms with Crippen LogP contribution in [0.2, 0.25) is 0 Å². The minimum Gasteiger partial charge on any atom is -0.467 e. The Bertz CT molecular complexity index is 501. The van der Waals surface area contributed by atoms with Gasteiger partial charge in [0.1, 0.15) is 6.04 Å². The van der Waals surface area contributed by atoms with Crippen molar-refractivity contribution in [3.8, 4) is 0 Å². The van der Waals surface area contributed by atoms with Crippen molar-refractivity contribution in [2.24, 2.45) is 0 Å². The largest absolute Gasteiger partial charge is 0.467 e. The van der Waals surface area contributed by atoms with Gasteiger partial charge in [-0.1, -0.05) is 13.0 Å². The summed E-state index contributed by atoms with van der Waals surface area (Å²) in [5.74, 6) is -1.11. The van der Waals surface area contributed by atoms with E-state index < -0.39 is 22.8 Å². The number of nitro benzene ring substituents is 1. The molecule has 0 fully saturated rings. The van der Waals surface area contributed by atoms with Crippen LogP contribution in [0.1, 0.15) is 23.7 Å². The van der Waals surface area contributed by atoms with Gasteiger partial charge in [0, 0.05) is 17.7 Å². The monoisotopic (exact) mass is 266 g/mol. The number of rotatable bonds is 5. The Hall–Kier alpha value is -2.44. The molecule has 1 N–H and O–H groups in total. The summed E-state index contributed by atoms with van der Waals surface area (Å²) in [5, 5.41) is 13.1. The number of nitro groups is 1. The van der Waals surface area contributed by atoms with E-state index in [1.807, 2.05) is 0 Å². The first-order valence-electron chi connectivity index (χ1n) is 5.62. The fourth-order valence-electron chi connectivity index (χ4n) is 1.47. The average Bonchev–Trinajstić information content (AvgIpc) is 2.43. The molecule has 7 nitrogen and oxygen atoms in total. The molecular weight excluding hydrogens is 252 g/mol. The van der Waals surface area contributed by atoms with Gasteiger partial charge in [-0.3, -0.25) is 14.9 Å². The fourth-order valence-corrected chi connectivity index (χ4v) is 1.47. The van der Waals surface area contributed by atoms with Crippen LogP contribution in [-0.4, -0.2) is 30.0 Å². The lowest BCUT2D eigenvalue weighted by atomic mass is 10.1. The lowest BCUT2D eigenvalue weighted by Crippen LogP contribution is -2.41. The number of carbonyl (C=O) groups is 2. The van der Waals surface area contributed by atoms with Gasteiger partial charge >= 0.3 is 5.97 Å². The Morgan fingerprint density at radius 3 is 2.68 bits per heavy atom. The fraction of sp³-hybridized carbons (Fsp3) is 0.333. The van der Waals surface area contributed by atoms with Crippen molar-refractivity contribution < 1.29 is 19.2 Å². The summed E-state index contributed by atoms with van der Waals surface area (Å²) in [4.78, 5) is 33.2. The number of methoxy groups -OCH3 is 1. The highest BCUT2D eigenvalue weighted by Crippen LogP contribution is 2.13. The van der Waals surface area contributed by atoms with Crippen LogP contribution >= 0.6 is 0 Å². The number of non-ortho nitro benzene ring substituents is 1. The molecule has 1 unspecified atom stereocenters. The topological polar surface area (TPSA) is 98.5 Å². The molecule has 0 bridgehead atoms. The van der Waals surface area contributed by atoms with E-state index in [4.69, 9.17) is 0 Å². The van der Waals surface area contributed by atoms with E-state index in [9.17, 15) is 19.7 Å². The number of hydrogen-bond donors (Lipinski definition) is 1. The SMILES string of the molecule is CCC(NC(=O)c1cccc([N+](=O)[O-])c1)C(=O)OC. The maximum Gasteiger partial charge on any atom is 0.328 e. The molecule has 0 saturated heterocycles. The number of esters is 1. The molecule has 0 aliphatic rings. The summed E-state index contributed by atoms with van der Waals surface area (Å²) in [7, 11) is 1.23. The van der Waals surface area contributed by atoms with Crippen LogP contribution in [0.25, 0.3) is 0 Å². The van der Waals surface area contributed by atoms with Crippen LogP contribution in [0.3, 0.4) is 0 Å². The van der Waals surface area contributed by atoms with Gasteiger partial charge in [0.15, 0.2) is 0 Å². The van der Waals surface area contributed by atoms with E-state index in [-0.39, 0.29) is 11.3 Å². The van der Waals surface area contributed by atoms with E-state index in [2.05, 4.69) is 10.1 Å². The van der Waals surface area contributed by atoms with E-state index >= 15 is 0 Å². The number of benzene rings is 1. The van der Waals surface area contributed by atoms with Gasteiger partial charge in [-0.05, 0) is 12.5 Å². The Labute approximate surface area is 109 Å². The average molecular weight is 266 g/mol. The summed E-state index contributed by atoms with van der Waals surface area (Å²) in [6, 6.07) is 4.52. The van der Waals surface area contributed by atoms with Gasteiger partial charge in [-0.15, -0.1) is 0 Å². The molecule has 0 spiro atoms. The smallest absolute Gasteiger partial charge is 0.328 e. The first kappa shape index (κ1) is 14.6. The molecule has 1 aromatic carbocycles. The van der Waals surface area contributed by atoms with Crippen molar-refractivity contribution in [1.82, 2.24) is 5.32 Å². The molecule has 1 aromatic rings. The normalized spacial score (nSPS) is 11.5. The van der Waals surface area contributed by atoms with Crippen molar-refractivity contribution in [2.45, 2.75) is 19.4 Å². The zero-order valence-corrected chi connectivity index (χ0v) is 10.6. The van der Waals surface area contributed by atoms with Crippen molar-refractivity contribution in [1.29, 1.82) is 0 Å². The van der Waals surface area contributed by atoms with Crippen molar-refractivity contribution >= 4 is 17.6 Å². The second kappa shape index (κ2) is 6.48. The highest BCUT2D eigenvalue weighted by atomic mass is 16.6. The predicted molar refractivity (Wildman–Crippen MR) is 66.7 cm³/mol. The highest BCUT2D eigenvalue weighted by molar-refractivity contribution is 5.97. The Morgan fingerprint density at radius 1 is 1.47 bits per heavy atom. The second-order valence-corrected chi connectivity index (χ2v) is 3.76. The zero-order valence-electron chi connectivity index (χ0n) is 10.6. The molecule has 0 saturated carbocycles. The van der Waals surface area contributed by atoms with Crippen LogP contribution in [0.15, 0.2) is 24.3 Å². The molecule has 0 aromatic heterocycles. The molecule has 102 valence electrons. The maximum atomic E-state index is 11.9. The second-order valence-electron chi connectivity index (χ2n) is 3.76. The van der Waals surface area contributed by atoms with Gasteiger partial charge < -0.3 is 10.1 Å². The van der Waals surface area contributed by atoms with Gasteiger partial charge in [-0.25, -0.2) is 4.79 Å². The molecule has 0 radical (unpaired) electrons. The third kappa shape index (κ3) is 3.77. The molecule has 19 heavy (non-hydrogen) atoms. The lowest BCUT2D eigenvalue weighted by Gasteiger charge is -2.14. The van der Waals surface area contributed by atoms with Crippen LogP contribution in [0.4, 0.5) is 5.69 Å². The maximum absolute atomic E-state index is 11.9. The minimum absolute atomic E-state index is 0.122. The zero-order chi connectivity index (χ0) is 14.4. The number of ether oxygens (including phenoxy) is 1. The predicted octanol–water partition coefficient (Wildman–Crippen LogP) is 1.28. The number of amides is 1. The number of hydrogen-bond acceptors (Lipinski definition) is 5. The molecule has 0 aliphatic carbocycles. The first-order valence-corrected chi connectivity index (χ1v) is 5.62. The van der Waals surface area contributed by atoms with Crippen LogP contribution in [0, 0.1) is 10.1 Å². The van der Waals surface area contributed by atoms with Crippen molar-refractivity contribution in [2.75, 3.05) is 7.11 Å². The van der Waals surface area contributed by atoms with E-state index in [1.54, 1.807) is 6.92 Å². The molecular formula is C12H14N2O5. The third-order valence-electron chi connectivity index (χ3n) is 2.52. The van der Waals surface area contributed by atoms with Crippen molar-refractivity contribution in [3.63, 3.8) is 0 Å². The standard InChI is InChI=1S/C12H14N2O5/c1-3-10(12(16)19-2)13-11(15)8-5-4-6-9(7-8)14(17)18/h4-7,10H,3H2,1-2H3,(H,13,15). The van der Waals surface area contributed by atoms with Gasteiger partial charge in [0.05, 0.1) is 12.0 Å². The summed E-state index contributed by atoms with van der Waals surface area (Å²) in [5.41, 5.74) is -0.0599.